The maximum atomic E-state index is 12.8. The van der Waals surface area contributed by atoms with Gasteiger partial charge in [-0.2, -0.15) is 0 Å². The molecule has 3 amide bonds. The van der Waals surface area contributed by atoms with Crippen molar-refractivity contribution in [1.29, 1.82) is 0 Å². The first-order valence-electron chi connectivity index (χ1n) is 9.95. The summed E-state index contributed by atoms with van der Waals surface area (Å²) < 4.78 is 5.16. The molecule has 7 nitrogen and oxygen atoms in total. The first-order valence-corrected chi connectivity index (χ1v) is 9.95. The van der Waals surface area contributed by atoms with Crippen LogP contribution in [0.5, 0.6) is 0 Å². The van der Waals surface area contributed by atoms with Crippen LogP contribution in [0.1, 0.15) is 22.5 Å². The molecule has 2 heterocycles. The molecule has 1 aliphatic heterocycles. The molecule has 29 heavy (non-hydrogen) atoms. The third-order valence-corrected chi connectivity index (χ3v) is 5.67. The summed E-state index contributed by atoms with van der Waals surface area (Å²) in [6.45, 7) is 2.48. The van der Waals surface area contributed by atoms with Crippen LogP contribution in [-0.2, 0) is 16.1 Å². The second kappa shape index (κ2) is 8.11. The number of amides is 3. The number of hydrogen-bond acceptors (Lipinski definition) is 4. The zero-order chi connectivity index (χ0) is 20.4. The Kier molecular flexibility index (Phi) is 5.38. The van der Waals surface area contributed by atoms with Crippen molar-refractivity contribution in [3.05, 3.63) is 60.1 Å². The maximum Gasteiger partial charge on any atom is 0.289 e. The normalized spacial score (nSPS) is 21.0. The van der Waals surface area contributed by atoms with E-state index >= 15 is 0 Å². The van der Waals surface area contributed by atoms with Crippen molar-refractivity contribution in [2.24, 2.45) is 11.8 Å². The second-order valence-electron chi connectivity index (χ2n) is 7.72. The van der Waals surface area contributed by atoms with Crippen molar-refractivity contribution < 1.29 is 18.8 Å². The van der Waals surface area contributed by atoms with Gasteiger partial charge in [-0.3, -0.25) is 14.4 Å². The van der Waals surface area contributed by atoms with Gasteiger partial charge in [0.1, 0.15) is 0 Å². The van der Waals surface area contributed by atoms with Crippen LogP contribution in [0.2, 0.25) is 0 Å². The summed E-state index contributed by atoms with van der Waals surface area (Å²) in [7, 11) is 1.79. The second-order valence-corrected chi connectivity index (χ2v) is 7.72. The summed E-state index contributed by atoms with van der Waals surface area (Å²) in [5, 5.41) is 0. The number of hydrogen-bond donors (Lipinski definition) is 0. The van der Waals surface area contributed by atoms with Crippen molar-refractivity contribution in [3.63, 3.8) is 0 Å². The van der Waals surface area contributed by atoms with Crippen LogP contribution < -0.4 is 0 Å². The predicted octanol–water partition coefficient (Wildman–Crippen LogP) is 1.86. The van der Waals surface area contributed by atoms with Gasteiger partial charge in [0.15, 0.2) is 5.76 Å². The summed E-state index contributed by atoms with van der Waals surface area (Å²) in [5.74, 6) is -0.226. The molecule has 2 aromatic rings. The van der Waals surface area contributed by atoms with Gasteiger partial charge in [0, 0.05) is 39.8 Å². The van der Waals surface area contributed by atoms with Gasteiger partial charge < -0.3 is 19.1 Å². The number of furan rings is 1. The van der Waals surface area contributed by atoms with Crippen molar-refractivity contribution >= 4 is 17.7 Å². The Labute approximate surface area is 169 Å². The molecule has 2 fully saturated rings. The van der Waals surface area contributed by atoms with E-state index in [1.54, 1.807) is 33.9 Å². The van der Waals surface area contributed by atoms with E-state index in [0.717, 1.165) is 5.56 Å². The molecule has 0 radical (unpaired) electrons. The molecule has 2 atom stereocenters. The van der Waals surface area contributed by atoms with E-state index < -0.39 is 0 Å². The molecule has 0 bridgehead atoms. The molecule has 7 heteroatoms. The van der Waals surface area contributed by atoms with Gasteiger partial charge in [-0.1, -0.05) is 30.3 Å². The third kappa shape index (κ3) is 4.18. The van der Waals surface area contributed by atoms with Gasteiger partial charge in [-0.15, -0.1) is 0 Å². The molecule has 1 aromatic heterocycles. The van der Waals surface area contributed by atoms with Gasteiger partial charge >= 0.3 is 0 Å². The average molecular weight is 395 g/mol. The van der Waals surface area contributed by atoms with Crippen LogP contribution in [0.25, 0.3) is 0 Å². The van der Waals surface area contributed by atoms with E-state index in [-0.39, 0.29) is 29.6 Å². The van der Waals surface area contributed by atoms with E-state index in [2.05, 4.69) is 0 Å². The summed E-state index contributed by atoms with van der Waals surface area (Å²) in [5.41, 5.74) is 1.07. The van der Waals surface area contributed by atoms with Crippen LogP contribution in [0.3, 0.4) is 0 Å². The smallest absolute Gasteiger partial charge is 0.289 e. The maximum absolute atomic E-state index is 12.8. The minimum Gasteiger partial charge on any atom is -0.459 e. The van der Waals surface area contributed by atoms with Crippen LogP contribution in [-0.4, -0.2) is 65.6 Å². The molecular weight excluding hydrogens is 370 g/mol. The molecule has 2 aliphatic rings. The van der Waals surface area contributed by atoms with Crippen molar-refractivity contribution in [2.75, 3.05) is 33.2 Å². The van der Waals surface area contributed by atoms with Crippen molar-refractivity contribution in [2.45, 2.75) is 13.0 Å². The Hall–Kier alpha value is -3.09. The third-order valence-electron chi connectivity index (χ3n) is 5.67. The fourth-order valence-electron chi connectivity index (χ4n) is 3.88. The highest BCUT2D eigenvalue weighted by Crippen LogP contribution is 2.41. The zero-order valence-electron chi connectivity index (χ0n) is 16.5. The van der Waals surface area contributed by atoms with Gasteiger partial charge in [0.25, 0.3) is 5.91 Å². The standard InChI is InChI=1S/C22H25N3O4/c1-23(15-16-6-3-2-4-7-16)20(26)17-14-18(17)21(27)24-9-11-25(12-10-24)22(28)19-8-5-13-29-19/h2-8,13,17-18H,9-12,14-15H2,1H3. The lowest BCUT2D eigenvalue weighted by Crippen LogP contribution is -2.51. The van der Waals surface area contributed by atoms with Gasteiger partial charge in [-0.25, -0.2) is 0 Å². The Morgan fingerprint density at radius 2 is 1.66 bits per heavy atom. The minimum atomic E-state index is -0.229. The van der Waals surface area contributed by atoms with Crippen LogP contribution in [0.15, 0.2) is 53.1 Å². The summed E-state index contributed by atoms with van der Waals surface area (Å²) in [6, 6.07) is 13.2. The number of carbonyl (C=O) groups excluding carboxylic acids is 3. The molecule has 1 saturated heterocycles. The Morgan fingerprint density at radius 3 is 2.31 bits per heavy atom. The number of nitrogens with zero attached hydrogens (tertiary/aromatic N) is 3. The van der Waals surface area contributed by atoms with E-state index in [0.29, 0.717) is 44.9 Å². The average Bonchev–Trinajstić information content (AvgIpc) is 3.36. The van der Waals surface area contributed by atoms with Crippen LogP contribution in [0.4, 0.5) is 0 Å². The highest BCUT2D eigenvalue weighted by molar-refractivity contribution is 5.93. The highest BCUT2D eigenvalue weighted by Gasteiger charge is 2.50. The molecule has 1 aromatic carbocycles. The molecule has 1 aliphatic carbocycles. The lowest BCUT2D eigenvalue weighted by Gasteiger charge is -2.34. The molecule has 4 rings (SSSR count). The van der Waals surface area contributed by atoms with Crippen LogP contribution in [0, 0.1) is 11.8 Å². The number of piperazine rings is 1. The van der Waals surface area contributed by atoms with Gasteiger partial charge in [0.05, 0.1) is 18.1 Å². The van der Waals surface area contributed by atoms with Gasteiger partial charge in [0.2, 0.25) is 11.8 Å². The fourth-order valence-corrected chi connectivity index (χ4v) is 3.88. The number of rotatable bonds is 5. The summed E-state index contributed by atoms with van der Waals surface area (Å²) in [6.07, 6.45) is 2.09. The Balaban J connectivity index is 1.26. The molecule has 0 spiro atoms. The van der Waals surface area contributed by atoms with Crippen molar-refractivity contribution in [1.82, 2.24) is 14.7 Å². The number of benzene rings is 1. The highest BCUT2D eigenvalue weighted by atomic mass is 16.3. The van der Waals surface area contributed by atoms with E-state index in [1.165, 1.54) is 6.26 Å². The number of carbonyl (C=O) groups is 3. The summed E-state index contributed by atoms with van der Waals surface area (Å²) >= 11 is 0. The SMILES string of the molecule is CN(Cc1ccccc1)C(=O)C1CC1C(=O)N1CCN(C(=O)c2ccco2)CC1. The molecular formula is C22H25N3O4. The molecule has 152 valence electrons. The minimum absolute atomic E-state index is 0.0267. The lowest BCUT2D eigenvalue weighted by molar-refractivity contribution is -0.138. The molecule has 1 saturated carbocycles. The first kappa shape index (κ1) is 19.2. The quantitative estimate of drug-likeness (QED) is 0.775. The summed E-state index contributed by atoms with van der Waals surface area (Å²) in [4.78, 5) is 43.0. The topological polar surface area (TPSA) is 74.1 Å². The van der Waals surface area contributed by atoms with Crippen LogP contribution >= 0.6 is 0 Å². The van der Waals surface area contributed by atoms with Gasteiger partial charge in [-0.05, 0) is 24.1 Å². The van der Waals surface area contributed by atoms with E-state index in [9.17, 15) is 14.4 Å². The predicted molar refractivity (Wildman–Crippen MR) is 106 cm³/mol. The van der Waals surface area contributed by atoms with E-state index in [1.807, 2.05) is 30.3 Å². The molecule has 0 N–H and O–H groups in total. The Bertz CT molecular complexity index is 873. The van der Waals surface area contributed by atoms with E-state index in [4.69, 9.17) is 4.42 Å². The zero-order valence-corrected chi connectivity index (χ0v) is 16.5. The molecule has 2 unspecified atom stereocenters. The fraction of sp³-hybridized carbons (Fsp3) is 0.409. The monoisotopic (exact) mass is 395 g/mol. The Morgan fingerprint density at radius 1 is 0.966 bits per heavy atom. The first-order chi connectivity index (χ1) is 14.0. The lowest BCUT2D eigenvalue weighted by atomic mass is 10.2. The largest absolute Gasteiger partial charge is 0.459 e. The van der Waals surface area contributed by atoms with Crippen molar-refractivity contribution in [3.8, 4) is 0 Å².